The van der Waals surface area contributed by atoms with Crippen molar-refractivity contribution < 1.29 is 17.9 Å². The number of hydrogen-bond donors (Lipinski definition) is 3. The molecule has 0 radical (unpaired) electrons. The molecule has 1 aromatic heterocycles. The molecule has 0 aliphatic rings. The second-order valence-corrected chi connectivity index (χ2v) is 11.0. The molecule has 0 aliphatic heterocycles. The average molecular weight is 538 g/mol. The van der Waals surface area contributed by atoms with Crippen molar-refractivity contribution in [3.63, 3.8) is 0 Å². The van der Waals surface area contributed by atoms with E-state index < -0.39 is 10.0 Å². The predicted octanol–water partition coefficient (Wildman–Crippen LogP) is 4.18. The van der Waals surface area contributed by atoms with Crippen molar-refractivity contribution in [3.05, 3.63) is 83.9 Å². The van der Waals surface area contributed by atoms with E-state index in [1.165, 1.54) is 36.0 Å². The first-order valence-electron chi connectivity index (χ1n) is 11.5. The Kier molecular flexibility index (Phi) is 8.47. The van der Waals surface area contributed by atoms with Crippen LogP contribution in [0.5, 0.6) is 5.75 Å². The summed E-state index contributed by atoms with van der Waals surface area (Å²) >= 11 is 1.43. The zero-order valence-corrected chi connectivity index (χ0v) is 22.0. The summed E-state index contributed by atoms with van der Waals surface area (Å²) in [4.78, 5) is 16.7. The molecule has 4 aromatic rings. The number of aromatic nitrogens is 3. The van der Waals surface area contributed by atoms with Crippen LogP contribution in [0.3, 0.4) is 0 Å². The highest BCUT2D eigenvalue weighted by Gasteiger charge is 2.16. The van der Waals surface area contributed by atoms with Crippen molar-refractivity contribution in [2.75, 3.05) is 23.6 Å². The number of carbonyl (C=O) groups excluding carboxylic acids is 1. The summed E-state index contributed by atoms with van der Waals surface area (Å²) in [5.41, 5.74) is 3.28. The summed E-state index contributed by atoms with van der Waals surface area (Å²) in [5.74, 6) is 1.40. The van der Waals surface area contributed by atoms with Gasteiger partial charge in [0, 0.05) is 17.9 Å². The normalized spacial score (nSPS) is 11.2. The minimum atomic E-state index is -3.75. The zero-order valence-electron chi connectivity index (χ0n) is 20.4. The lowest BCUT2D eigenvalue weighted by atomic mass is 10.1. The number of nitrogens with one attached hydrogen (secondary N) is 3. The fourth-order valence-corrected chi connectivity index (χ4v) is 5.11. The summed E-state index contributed by atoms with van der Waals surface area (Å²) in [6, 6.07) is 21.2. The fraction of sp³-hybridized carbons (Fsp3) is 0.192. The van der Waals surface area contributed by atoms with E-state index in [9.17, 15) is 13.2 Å². The number of aromatic amines is 1. The van der Waals surface area contributed by atoms with Crippen LogP contribution in [0.4, 0.5) is 5.69 Å². The number of amides is 1. The van der Waals surface area contributed by atoms with Gasteiger partial charge in [0.05, 0.1) is 10.6 Å². The molecule has 0 fully saturated rings. The molecule has 0 atom stereocenters. The third-order valence-electron chi connectivity index (χ3n) is 5.31. The van der Waals surface area contributed by atoms with Crippen LogP contribution in [0, 0.1) is 13.8 Å². The highest BCUT2D eigenvalue weighted by molar-refractivity contribution is 7.99. The molecule has 0 saturated carbocycles. The van der Waals surface area contributed by atoms with Gasteiger partial charge in [0.15, 0.2) is 12.4 Å². The Balaban J connectivity index is 1.20. The van der Waals surface area contributed by atoms with Crippen LogP contribution in [-0.2, 0) is 14.8 Å². The maximum absolute atomic E-state index is 12.7. The number of ether oxygens (including phenoxy) is 1. The number of aryl methyl sites for hydroxylation is 2. The standard InChI is InChI=1S/C26H27N5O4S2/c1-18-8-9-19(2)23(16-18)31-37(33,34)22-12-10-21(11-13-22)35-17-24(32)27-14-15-36-26-28-25(29-30-26)20-6-4-3-5-7-20/h3-13,16,31H,14-15,17H2,1-2H3,(H,27,32)(H,28,29,30). The second kappa shape index (κ2) is 11.9. The molecule has 0 bridgehead atoms. The van der Waals surface area contributed by atoms with Gasteiger partial charge in [-0.2, -0.15) is 0 Å². The van der Waals surface area contributed by atoms with Crippen LogP contribution in [0.1, 0.15) is 11.1 Å². The Hall–Kier alpha value is -3.83. The summed E-state index contributed by atoms with van der Waals surface area (Å²) in [7, 11) is -3.75. The van der Waals surface area contributed by atoms with Crippen molar-refractivity contribution in [1.29, 1.82) is 0 Å². The van der Waals surface area contributed by atoms with Gasteiger partial charge in [0.25, 0.3) is 15.9 Å². The minimum Gasteiger partial charge on any atom is -0.484 e. The SMILES string of the molecule is Cc1ccc(C)c(NS(=O)(=O)c2ccc(OCC(=O)NCCSc3n[nH]c(-c4ccccc4)n3)cc2)c1. The molecule has 0 saturated heterocycles. The van der Waals surface area contributed by atoms with E-state index in [1.54, 1.807) is 6.07 Å². The lowest BCUT2D eigenvalue weighted by Gasteiger charge is -2.12. The molecule has 0 aliphatic carbocycles. The highest BCUT2D eigenvalue weighted by Crippen LogP contribution is 2.23. The predicted molar refractivity (Wildman–Crippen MR) is 144 cm³/mol. The summed E-state index contributed by atoms with van der Waals surface area (Å²) in [5, 5.41) is 10.5. The van der Waals surface area contributed by atoms with Gasteiger partial charge < -0.3 is 10.1 Å². The number of nitrogens with zero attached hydrogens (tertiary/aromatic N) is 2. The lowest BCUT2D eigenvalue weighted by Crippen LogP contribution is -2.30. The number of benzene rings is 3. The average Bonchev–Trinajstić information content (AvgIpc) is 3.37. The largest absolute Gasteiger partial charge is 0.484 e. The number of H-pyrrole nitrogens is 1. The Morgan fingerprint density at radius 3 is 2.54 bits per heavy atom. The van der Waals surface area contributed by atoms with Crippen LogP contribution in [0.25, 0.3) is 11.4 Å². The first-order chi connectivity index (χ1) is 17.8. The molecular weight excluding hydrogens is 510 g/mol. The zero-order chi connectivity index (χ0) is 26.3. The molecular formula is C26H27N5O4S2. The van der Waals surface area contributed by atoms with E-state index in [2.05, 4.69) is 25.2 Å². The molecule has 0 unspecified atom stereocenters. The summed E-state index contributed by atoms with van der Waals surface area (Å²) in [6.07, 6.45) is 0. The van der Waals surface area contributed by atoms with E-state index >= 15 is 0 Å². The smallest absolute Gasteiger partial charge is 0.261 e. The molecule has 11 heteroatoms. The van der Waals surface area contributed by atoms with Gasteiger partial charge in [0.1, 0.15) is 5.75 Å². The number of carbonyl (C=O) groups is 1. The molecule has 1 amide bonds. The molecule has 37 heavy (non-hydrogen) atoms. The molecule has 0 spiro atoms. The van der Waals surface area contributed by atoms with Gasteiger partial charge in [0.2, 0.25) is 5.16 Å². The van der Waals surface area contributed by atoms with Crippen molar-refractivity contribution in [3.8, 4) is 17.1 Å². The first-order valence-corrected chi connectivity index (χ1v) is 14.0. The number of hydrogen-bond acceptors (Lipinski definition) is 7. The van der Waals surface area contributed by atoms with Crippen LogP contribution >= 0.6 is 11.8 Å². The van der Waals surface area contributed by atoms with E-state index in [4.69, 9.17) is 4.74 Å². The van der Waals surface area contributed by atoms with Gasteiger partial charge in [-0.1, -0.05) is 54.2 Å². The maximum atomic E-state index is 12.7. The lowest BCUT2D eigenvalue weighted by molar-refractivity contribution is -0.122. The molecule has 3 N–H and O–H groups in total. The Morgan fingerprint density at radius 1 is 1.03 bits per heavy atom. The van der Waals surface area contributed by atoms with Gasteiger partial charge in [-0.25, -0.2) is 13.4 Å². The third-order valence-corrected chi connectivity index (χ3v) is 7.54. The molecule has 3 aromatic carbocycles. The Labute approximate surface area is 220 Å². The Morgan fingerprint density at radius 2 is 1.78 bits per heavy atom. The molecule has 1 heterocycles. The number of rotatable bonds is 11. The van der Waals surface area contributed by atoms with Crippen molar-refractivity contribution >= 4 is 33.4 Å². The summed E-state index contributed by atoms with van der Waals surface area (Å²) < 4.78 is 33.6. The fourth-order valence-electron chi connectivity index (χ4n) is 3.33. The Bertz CT molecular complexity index is 1460. The van der Waals surface area contributed by atoms with Crippen molar-refractivity contribution in [2.45, 2.75) is 23.9 Å². The van der Waals surface area contributed by atoms with Crippen LogP contribution in [0.15, 0.2) is 82.8 Å². The van der Waals surface area contributed by atoms with Crippen LogP contribution in [0.2, 0.25) is 0 Å². The minimum absolute atomic E-state index is 0.102. The van der Waals surface area contributed by atoms with Gasteiger partial charge in [-0.3, -0.25) is 14.6 Å². The van der Waals surface area contributed by atoms with Gasteiger partial charge in [-0.15, -0.1) is 5.10 Å². The van der Waals surface area contributed by atoms with Crippen molar-refractivity contribution in [1.82, 2.24) is 20.5 Å². The highest BCUT2D eigenvalue weighted by atomic mass is 32.2. The molecule has 192 valence electrons. The van der Waals surface area contributed by atoms with E-state index in [1.807, 2.05) is 56.3 Å². The summed E-state index contributed by atoms with van der Waals surface area (Å²) in [6.45, 7) is 3.98. The van der Waals surface area contributed by atoms with Crippen LogP contribution in [-0.4, -0.2) is 48.4 Å². The number of thioether (sulfide) groups is 1. The molecule has 4 rings (SSSR count). The number of anilines is 1. The first kappa shape index (κ1) is 26.2. The van der Waals surface area contributed by atoms with E-state index in [0.29, 0.717) is 34.7 Å². The monoisotopic (exact) mass is 537 g/mol. The van der Waals surface area contributed by atoms with E-state index in [-0.39, 0.29) is 17.4 Å². The van der Waals surface area contributed by atoms with Gasteiger partial charge >= 0.3 is 0 Å². The molecule has 9 nitrogen and oxygen atoms in total. The quantitative estimate of drug-likeness (QED) is 0.194. The van der Waals surface area contributed by atoms with Crippen molar-refractivity contribution in [2.24, 2.45) is 0 Å². The van der Waals surface area contributed by atoms with E-state index in [0.717, 1.165) is 16.7 Å². The number of sulfonamides is 1. The van der Waals surface area contributed by atoms with Gasteiger partial charge in [-0.05, 0) is 55.3 Å². The third kappa shape index (κ3) is 7.34. The second-order valence-electron chi connectivity index (χ2n) is 8.21. The topological polar surface area (TPSA) is 126 Å². The maximum Gasteiger partial charge on any atom is 0.261 e. The van der Waals surface area contributed by atoms with Crippen LogP contribution < -0.4 is 14.8 Å².